The second kappa shape index (κ2) is 20.3. The maximum Gasteiger partial charge on any atom is 1.00 e. The zero-order chi connectivity index (χ0) is 18.8. The average Bonchev–Trinajstić information content (AvgIpc) is 2.55. The van der Waals surface area contributed by atoms with Crippen molar-refractivity contribution in [2.24, 2.45) is 0 Å². The van der Waals surface area contributed by atoms with E-state index in [1.165, 1.54) is 70.6 Å². The van der Waals surface area contributed by atoms with Gasteiger partial charge in [0.1, 0.15) is 5.78 Å². The number of nitrogens with one attached hydrogen (secondary N) is 1. The molecule has 0 aliphatic heterocycles. The van der Waals surface area contributed by atoms with Crippen molar-refractivity contribution >= 4 is 15.9 Å². The maximum atomic E-state index is 11.6. The van der Waals surface area contributed by atoms with Crippen molar-refractivity contribution < 1.29 is 47.3 Å². The first-order chi connectivity index (χ1) is 12.0. The fourth-order valence-corrected chi connectivity index (χ4v) is 3.25. The summed E-state index contributed by atoms with van der Waals surface area (Å²) in [6.45, 7) is 2.46. The molecule has 0 aliphatic carbocycles. The molecule has 0 unspecified atom stereocenters. The molecule has 0 fully saturated rings. The van der Waals surface area contributed by atoms with E-state index in [2.05, 4.69) is 12.2 Å². The van der Waals surface area contributed by atoms with Crippen molar-refractivity contribution in [1.82, 2.24) is 5.32 Å². The minimum absolute atomic E-state index is 0. The van der Waals surface area contributed by atoms with Gasteiger partial charge in [-0.1, -0.05) is 84.0 Å². The summed E-state index contributed by atoms with van der Waals surface area (Å²) in [5.74, 6) is -0.370. The predicted molar refractivity (Wildman–Crippen MR) is 103 cm³/mol. The topological polar surface area (TPSA) is 86.3 Å². The molecule has 150 valence electrons. The Balaban J connectivity index is 0. The predicted octanol–water partition coefficient (Wildman–Crippen LogP) is 1.18. The number of ketones is 1. The molecule has 0 aromatic carbocycles. The standard InChI is InChI=1S/C19H39NO4S.Na/c1-2-3-4-5-6-7-8-9-10-11-12-13-14-15-19(21)18-20-16-17-25(22,23)24;/h20H,2-18H2,1H3,(H,22,23,24);/q;+1/p-1. The van der Waals surface area contributed by atoms with Crippen LogP contribution < -0.4 is 34.9 Å². The fourth-order valence-electron chi connectivity index (χ4n) is 2.85. The minimum atomic E-state index is -4.19. The van der Waals surface area contributed by atoms with Gasteiger partial charge in [0, 0.05) is 13.0 Å². The summed E-state index contributed by atoms with van der Waals surface area (Å²) in [6.07, 6.45) is 17.2. The van der Waals surface area contributed by atoms with Crippen LogP contribution in [0.15, 0.2) is 0 Å². The number of carbonyl (C=O) groups is 1. The molecule has 0 saturated carbocycles. The van der Waals surface area contributed by atoms with Crippen LogP contribution in [0.1, 0.15) is 96.8 Å². The second-order valence-electron chi connectivity index (χ2n) is 6.97. The van der Waals surface area contributed by atoms with E-state index in [-0.39, 0.29) is 48.4 Å². The summed E-state index contributed by atoms with van der Waals surface area (Å²) in [5, 5.41) is 2.71. The third kappa shape index (κ3) is 24.5. The quantitative estimate of drug-likeness (QED) is 0.200. The van der Waals surface area contributed by atoms with Gasteiger partial charge in [-0.25, -0.2) is 8.42 Å². The molecule has 0 atom stereocenters. The monoisotopic (exact) mass is 399 g/mol. The van der Waals surface area contributed by atoms with Gasteiger partial charge in [0.2, 0.25) is 0 Å². The molecule has 0 amide bonds. The van der Waals surface area contributed by atoms with Gasteiger partial charge in [0.25, 0.3) is 0 Å². The Bertz CT molecular complexity index is 416. The molecule has 0 saturated heterocycles. The Morgan fingerprint density at radius 3 is 1.65 bits per heavy atom. The van der Waals surface area contributed by atoms with Crippen molar-refractivity contribution in [2.45, 2.75) is 96.8 Å². The molecule has 0 aromatic rings. The van der Waals surface area contributed by atoms with E-state index < -0.39 is 15.9 Å². The molecule has 7 heteroatoms. The molecule has 0 aliphatic rings. The van der Waals surface area contributed by atoms with Crippen LogP contribution in [-0.2, 0) is 14.9 Å². The van der Waals surface area contributed by atoms with E-state index in [4.69, 9.17) is 0 Å². The Hall–Kier alpha value is 0.540. The van der Waals surface area contributed by atoms with Crippen molar-refractivity contribution in [3.8, 4) is 0 Å². The van der Waals surface area contributed by atoms with Crippen LogP contribution in [0.4, 0.5) is 0 Å². The first-order valence-electron chi connectivity index (χ1n) is 10.1. The largest absolute Gasteiger partial charge is 1.00 e. The van der Waals surface area contributed by atoms with Crippen LogP contribution in [0.5, 0.6) is 0 Å². The summed E-state index contributed by atoms with van der Waals surface area (Å²) in [7, 11) is -4.19. The van der Waals surface area contributed by atoms with Crippen LogP contribution in [0.3, 0.4) is 0 Å². The van der Waals surface area contributed by atoms with Gasteiger partial charge < -0.3 is 9.87 Å². The van der Waals surface area contributed by atoms with Crippen LogP contribution >= 0.6 is 0 Å². The van der Waals surface area contributed by atoms with Crippen LogP contribution in [-0.4, -0.2) is 37.6 Å². The molecule has 1 N–H and O–H groups in total. The summed E-state index contributed by atoms with van der Waals surface area (Å²) in [4.78, 5) is 11.6. The SMILES string of the molecule is CCCCCCCCCCCCCCCC(=O)CNCCS(=O)(=O)[O-].[Na+]. The minimum Gasteiger partial charge on any atom is -0.748 e. The molecule has 0 rings (SSSR count). The van der Waals surface area contributed by atoms with Gasteiger partial charge in [0.15, 0.2) is 0 Å². The first kappa shape index (κ1) is 28.7. The third-order valence-electron chi connectivity index (χ3n) is 4.41. The normalized spacial score (nSPS) is 11.3. The van der Waals surface area contributed by atoms with Gasteiger partial charge in [-0.3, -0.25) is 4.79 Å². The Labute approximate surface area is 183 Å². The molecule has 0 heterocycles. The molecular formula is C19H38NNaO4S. The van der Waals surface area contributed by atoms with E-state index in [1.807, 2.05) is 0 Å². The zero-order valence-corrected chi connectivity index (χ0v) is 19.9. The van der Waals surface area contributed by atoms with E-state index in [9.17, 15) is 17.8 Å². The van der Waals surface area contributed by atoms with Crippen LogP contribution in [0, 0.1) is 0 Å². The summed E-state index contributed by atoms with van der Waals surface area (Å²) in [5.41, 5.74) is 0. The Morgan fingerprint density at radius 1 is 0.808 bits per heavy atom. The van der Waals surface area contributed by atoms with Gasteiger partial charge in [-0.2, -0.15) is 0 Å². The molecule has 0 aromatic heterocycles. The molecule has 0 spiro atoms. The number of hydrogen-bond acceptors (Lipinski definition) is 5. The molecule has 5 nitrogen and oxygen atoms in total. The number of rotatable bonds is 19. The Kier molecular flexibility index (Phi) is 22.4. The first-order valence-corrected chi connectivity index (χ1v) is 11.7. The van der Waals surface area contributed by atoms with Gasteiger partial charge in [-0.15, -0.1) is 0 Å². The molecule has 26 heavy (non-hydrogen) atoms. The molecule has 0 bridgehead atoms. The Morgan fingerprint density at radius 2 is 1.23 bits per heavy atom. The van der Waals surface area contributed by atoms with Gasteiger partial charge in [0.05, 0.1) is 22.4 Å². The second-order valence-corrected chi connectivity index (χ2v) is 8.49. The van der Waals surface area contributed by atoms with Gasteiger partial charge >= 0.3 is 29.6 Å². The summed E-state index contributed by atoms with van der Waals surface area (Å²) in [6, 6.07) is 0. The number of Topliss-reactive ketones (excluding diaryl/α,β-unsaturated/α-hetero) is 1. The van der Waals surface area contributed by atoms with Crippen molar-refractivity contribution in [3.63, 3.8) is 0 Å². The van der Waals surface area contributed by atoms with Gasteiger partial charge in [-0.05, 0) is 6.42 Å². The number of carbonyl (C=O) groups excluding carboxylic acids is 1. The van der Waals surface area contributed by atoms with Crippen LogP contribution in [0.2, 0.25) is 0 Å². The maximum absolute atomic E-state index is 11.6. The summed E-state index contributed by atoms with van der Waals surface area (Å²) < 4.78 is 31.2. The van der Waals surface area contributed by atoms with E-state index in [1.54, 1.807) is 0 Å². The molecular weight excluding hydrogens is 361 g/mol. The third-order valence-corrected chi connectivity index (χ3v) is 5.11. The zero-order valence-electron chi connectivity index (χ0n) is 17.1. The van der Waals surface area contributed by atoms with E-state index >= 15 is 0 Å². The van der Waals surface area contributed by atoms with Crippen molar-refractivity contribution in [1.29, 1.82) is 0 Å². The van der Waals surface area contributed by atoms with Crippen molar-refractivity contribution in [2.75, 3.05) is 18.8 Å². The van der Waals surface area contributed by atoms with Crippen LogP contribution in [0.25, 0.3) is 0 Å². The van der Waals surface area contributed by atoms with E-state index in [0.717, 1.165) is 12.8 Å². The van der Waals surface area contributed by atoms with Crippen molar-refractivity contribution in [3.05, 3.63) is 0 Å². The number of unbranched alkanes of at least 4 members (excludes halogenated alkanes) is 12. The summed E-state index contributed by atoms with van der Waals surface area (Å²) >= 11 is 0. The smallest absolute Gasteiger partial charge is 0.748 e. The number of hydrogen-bond donors (Lipinski definition) is 1. The average molecular weight is 400 g/mol. The molecule has 0 radical (unpaired) electrons. The fraction of sp³-hybridized carbons (Fsp3) is 0.947. The van der Waals surface area contributed by atoms with E-state index in [0.29, 0.717) is 6.42 Å².